The van der Waals surface area contributed by atoms with Gasteiger partial charge in [-0.3, -0.25) is 4.79 Å². The van der Waals surface area contributed by atoms with E-state index < -0.39 is 11.9 Å². The summed E-state index contributed by atoms with van der Waals surface area (Å²) in [5.41, 5.74) is 3.34. The molecule has 1 amide bonds. The molecule has 0 saturated carbocycles. The molecule has 210 valence electrons. The summed E-state index contributed by atoms with van der Waals surface area (Å²) in [5, 5.41) is 12.5. The summed E-state index contributed by atoms with van der Waals surface area (Å²) in [6.45, 7) is 4.89. The van der Waals surface area contributed by atoms with Crippen LogP contribution in [0.4, 0.5) is 19.0 Å². The maximum absolute atomic E-state index is 13.3. The number of imidazole rings is 1. The van der Waals surface area contributed by atoms with Crippen molar-refractivity contribution in [2.45, 2.75) is 38.9 Å². The number of halogens is 3. The fourth-order valence-corrected chi connectivity index (χ4v) is 4.93. The lowest BCUT2D eigenvalue weighted by Gasteiger charge is -2.27. The maximum atomic E-state index is 13.3. The number of fused-ring (bicyclic) bond motifs is 1. The molecule has 2 aromatic heterocycles. The molecule has 1 aliphatic rings. The van der Waals surface area contributed by atoms with Crippen molar-refractivity contribution in [1.29, 1.82) is 5.26 Å². The number of hydrogen-bond acceptors (Lipinski definition) is 6. The second-order valence-electron chi connectivity index (χ2n) is 10.2. The first-order chi connectivity index (χ1) is 19.6. The van der Waals surface area contributed by atoms with Gasteiger partial charge in [0.2, 0.25) is 0 Å². The number of amides is 1. The lowest BCUT2D eigenvalue weighted by atomic mass is 9.96. The number of benzene rings is 2. The van der Waals surface area contributed by atoms with Crippen molar-refractivity contribution in [3.05, 3.63) is 82.8 Å². The Bertz CT molecular complexity index is 1640. The van der Waals surface area contributed by atoms with E-state index in [1.165, 1.54) is 16.5 Å². The molecule has 41 heavy (non-hydrogen) atoms. The van der Waals surface area contributed by atoms with E-state index in [2.05, 4.69) is 29.1 Å². The Hall–Kier alpha value is -4.72. The maximum Gasteiger partial charge on any atom is 0.434 e. The SMILES string of the molecule is CC(C)c1ccccc1-c1nc(NCc2ccc(-c3nc(C(F)(F)F)cn3C)cc2)c2c(n1)C(=O)N(CC#N)CC2. The molecule has 1 N–H and O–H groups in total. The molecular weight excluding hydrogens is 531 g/mol. The van der Waals surface area contributed by atoms with Crippen LogP contribution in [0.5, 0.6) is 0 Å². The number of aromatic nitrogens is 4. The molecule has 3 heterocycles. The summed E-state index contributed by atoms with van der Waals surface area (Å²) in [7, 11) is 1.53. The van der Waals surface area contributed by atoms with Gasteiger partial charge in [-0.2, -0.15) is 18.4 Å². The average molecular weight is 560 g/mol. The molecule has 0 saturated heterocycles. The Morgan fingerprint density at radius 2 is 1.80 bits per heavy atom. The highest BCUT2D eigenvalue weighted by Gasteiger charge is 2.34. The Morgan fingerprint density at radius 1 is 1.07 bits per heavy atom. The standard InChI is InChI=1S/C30H28F3N7O/c1-18(2)21-6-4-5-7-22(21)27-37-25-23(12-14-40(15-13-34)29(25)41)26(38-27)35-16-19-8-10-20(11-9-19)28-36-24(17-39(28)3)30(31,32)33/h4-11,17-18H,12,14-16H2,1-3H3,(H,35,37,38). The van der Waals surface area contributed by atoms with Gasteiger partial charge in [-0.1, -0.05) is 62.4 Å². The highest BCUT2D eigenvalue weighted by molar-refractivity contribution is 5.96. The van der Waals surface area contributed by atoms with Crippen LogP contribution in [0.3, 0.4) is 0 Å². The summed E-state index contributed by atoms with van der Waals surface area (Å²) < 4.78 is 40.6. The first-order valence-electron chi connectivity index (χ1n) is 13.2. The van der Waals surface area contributed by atoms with Crippen LogP contribution in [0, 0.1) is 11.3 Å². The molecule has 8 nitrogen and oxygen atoms in total. The number of anilines is 1. The van der Waals surface area contributed by atoms with Crippen LogP contribution < -0.4 is 5.32 Å². The van der Waals surface area contributed by atoms with Crippen molar-refractivity contribution in [3.63, 3.8) is 0 Å². The number of alkyl halides is 3. The highest BCUT2D eigenvalue weighted by atomic mass is 19.4. The Morgan fingerprint density at radius 3 is 2.46 bits per heavy atom. The number of nitriles is 1. The van der Waals surface area contributed by atoms with Gasteiger partial charge in [0.15, 0.2) is 11.5 Å². The minimum absolute atomic E-state index is 0.0181. The van der Waals surface area contributed by atoms with E-state index in [-0.39, 0.29) is 29.9 Å². The van der Waals surface area contributed by atoms with Crippen LogP contribution in [0.1, 0.15) is 52.6 Å². The number of nitrogens with zero attached hydrogens (tertiary/aromatic N) is 6. The minimum atomic E-state index is -4.52. The van der Waals surface area contributed by atoms with Crippen LogP contribution >= 0.6 is 0 Å². The third-order valence-corrected chi connectivity index (χ3v) is 7.05. The molecular formula is C30H28F3N7O. The van der Waals surface area contributed by atoms with E-state index in [9.17, 15) is 23.2 Å². The molecule has 0 radical (unpaired) electrons. The van der Waals surface area contributed by atoms with Gasteiger partial charge in [0.05, 0.1) is 6.07 Å². The van der Waals surface area contributed by atoms with Crippen LogP contribution in [-0.4, -0.2) is 43.4 Å². The lowest BCUT2D eigenvalue weighted by Crippen LogP contribution is -2.39. The van der Waals surface area contributed by atoms with Crippen LogP contribution in [-0.2, 0) is 26.2 Å². The Balaban J connectivity index is 1.46. The zero-order valence-corrected chi connectivity index (χ0v) is 22.8. The summed E-state index contributed by atoms with van der Waals surface area (Å²) in [6.07, 6.45) is -3.05. The molecule has 0 aliphatic carbocycles. The minimum Gasteiger partial charge on any atom is -0.366 e. The highest BCUT2D eigenvalue weighted by Crippen LogP contribution is 2.33. The lowest BCUT2D eigenvalue weighted by molar-refractivity contribution is -0.140. The fraction of sp³-hybridized carbons (Fsp3) is 0.300. The van der Waals surface area contributed by atoms with Gasteiger partial charge in [-0.15, -0.1) is 0 Å². The number of nitrogens with one attached hydrogen (secondary N) is 1. The van der Waals surface area contributed by atoms with Gasteiger partial charge < -0.3 is 14.8 Å². The zero-order chi connectivity index (χ0) is 29.3. The van der Waals surface area contributed by atoms with E-state index in [4.69, 9.17) is 4.98 Å². The number of aryl methyl sites for hydroxylation is 1. The van der Waals surface area contributed by atoms with Crippen molar-refractivity contribution in [2.75, 3.05) is 18.4 Å². The molecule has 0 bridgehead atoms. The van der Waals surface area contributed by atoms with Crippen molar-refractivity contribution in [2.24, 2.45) is 7.05 Å². The molecule has 0 atom stereocenters. The summed E-state index contributed by atoms with van der Waals surface area (Å²) in [5.74, 6) is 1.08. The van der Waals surface area contributed by atoms with Crippen LogP contribution in [0.2, 0.25) is 0 Å². The third-order valence-electron chi connectivity index (χ3n) is 7.05. The average Bonchev–Trinajstić information content (AvgIpc) is 3.36. The zero-order valence-electron chi connectivity index (χ0n) is 22.8. The van der Waals surface area contributed by atoms with Gasteiger partial charge in [0.25, 0.3) is 5.91 Å². The Labute approximate surface area is 235 Å². The molecule has 5 rings (SSSR count). The normalized spacial score (nSPS) is 13.3. The second kappa shape index (κ2) is 11.0. The van der Waals surface area contributed by atoms with E-state index in [0.717, 1.165) is 22.9 Å². The topological polar surface area (TPSA) is 99.7 Å². The van der Waals surface area contributed by atoms with Gasteiger partial charge in [-0.05, 0) is 23.5 Å². The molecule has 0 unspecified atom stereocenters. The Kier molecular flexibility index (Phi) is 7.49. The largest absolute Gasteiger partial charge is 0.434 e. The van der Waals surface area contributed by atoms with Gasteiger partial charge >= 0.3 is 6.18 Å². The van der Waals surface area contributed by atoms with Crippen molar-refractivity contribution in [3.8, 4) is 28.8 Å². The van der Waals surface area contributed by atoms with Crippen LogP contribution in [0.25, 0.3) is 22.8 Å². The fourth-order valence-electron chi connectivity index (χ4n) is 4.93. The van der Waals surface area contributed by atoms with E-state index in [1.54, 1.807) is 12.1 Å². The van der Waals surface area contributed by atoms with E-state index in [0.29, 0.717) is 42.3 Å². The third kappa shape index (κ3) is 5.63. The van der Waals surface area contributed by atoms with Crippen molar-refractivity contribution < 1.29 is 18.0 Å². The smallest absolute Gasteiger partial charge is 0.366 e. The molecule has 0 spiro atoms. The van der Waals surface area contributed by atoms with E-state index >= 15 is 0 Å². The first-order valence-corrected chi connectivity index (χ1v) is 13.2. The second-order valence-corrected chi connectivity index (χ2v) is 10.2. The summed E-state index contributed by atoms with van der Waals surface area (Å²) in [4.78, 5) is 28.0. The number of rotatable bonds is 7. The van der Waals surface area contributed by atoms with E-state index in [1.807, 2.05) is 42.5 Å². The van der Waals surface area contributed by atoms with Gasteiger partial charge in [0.1, 0.15) is 23.9 Å². The van der Waals surface area contributed by atoms with Crippen molar-refractivity contribution >= 4 is 11.7 Å². The molecule has 0 fully saturated rings. The van der Waals surface area contributed by atoms with Gasteiger partial charge in [-0.25, -0.2) is 15.0 Å². The number of carbonyl (C=O) groups excluding carboxylic acids is 1. The molecule has 4 aromatic rings. The molecule has 11 heteroatoms. The van der Waals surface area contributed by atoms with Crippen molar-refractivity contribution in [1.82, 2.24) is 24.4 Å². The summed E-state index contributed by atoms with van der Waals surface area (Å²) in [6, 6.07) is 16.9. The molecule has 2 aromatic carbocycles. The monoisotopic (exact) mass is 559 g/mol. The quantitative estimate of drug-likeness (QED) is 0.287. The summed E-state index contributed by atoms with van der Waals surface area (Å²) >= 11 is 0. The van der Waals surface area contributed by atoms with Crippen LogP contribution in [0.15, 0.2) is 54.7 Å². The molecule has 1 aliphatic heterocycles. The predicted octanol–water partition coefficient (Wildman–Crippen LogP) is 5.82. The predicted molar refractivity (Wildman–Crippen MR) is 148 cm³/mol. The number of carbonyl (C=O) groups is 1. The number of hydrogen-bond donors (Lipinski definition) is 1. The first kappa shape index (κ1) is 27.8. The van der Waals surface area contributed by atoms with Gasteiger partial charge in [0, 0.05) is 43.0 Å².